The smallest absolute Gasteiger partial charge is 0.277 e. The summed E-state index contributed by atoms with van der Waals surface area (Å²) in [6.07, 6.45) is 0. The minimum absolute atomic E-state index is 0.0662. The summed E-state index contributed by atoms with van der Waals surface area (Å²) in [6.45, 7) is 1.42. The van der Waals surface area contributed by atoms with Crippen LogP contribution >= 0.6 is 22.9 Å². The maximum atomic E-state index is 12.2. The van der Waals surface area contributed by atoms with Crippen LogP contribution in [0.25, 0.3) is 0 Å². The Morgan fingerprint density at radius 3 is 2.38 bits per heavy atom. The van der Waals surface area contributed by atoms with E-state index in [1.165, 1.54) is 35.6 Å². The number of halogens is 1. The third-order valence-electron chi connectivity index (χ3n) is 4.12. The molecule has 2 aromatic carbocycles. The van der Waals surface area contributed by atoms with Crippen molar-refractivity contribution in [2.45, 2.75) is 6.92 Å². The number of non-ortho nitro benzene ring substituents is 1. The van der Waals surface area contributed by atoms with Crippen molar-refractivity contribution in [1.29, 1.82) is 0 Å². The third-order valence-corrected chi connectivity index (χ3v) is 5.35. The fourth-order valence-corrected chi connectivity index (χ4v) is 3.42. The first-order valence-corrected chi connectivity index (χ1v) is 10.4. The molecule has 2 N–H and O–H groups in total. The van der Waals surface area contributed by atoms with Crippen molar-refractivity contribution in [3.63, 3.8) is 0 Å². The van der Waals surface area contributed by atoms with Crippen molar-refractivity contribution in [2.75, 3.05) is 11.9 Å². The summed E-state index contributed by atoms with van der Waals surface area (Å²) in [7, 11) is 0. The molecule has 0 atom stereocenters. The number of hydrazone groups is 1. The van der Waals surface area contributed by atoms with E-state index in [9.17, 15) is 19.7 Å². The summed E-state index contributed by atoms with van der Waals surface area (Å²) in [4.78, 5) is 34.7. The van der Waals surface area contributed by atoms with Crippen molar-refractivity contribution in [3.8, 4) is 5.75 Å². The van der Waals surface area contributed by atoms with Crippen LogP contribution in [-0.4, -0.2) is 29.1 Å². The van der Waals surface area contributed by atoms with Gasteiger partial charge in [-0.25, -0.2) is 5.43 Å². The number of ether oxygens (including phenoxy) is 1. The van der Waals surface area contributed by atoms with Crippen LogP contribution in [0.1, 0.15) is 22.2 Å². The Kier molecular flexibility index (Phi) is 7.53. The van der Waals surface area contributed by atoms with Crippen molar-refractivity contribution < 1.29 is 19.2 Å². The zero-order valence-electron chi connectivity index (χ0n) is 16.7. The molecule has 0 aliphatic carbocycles. The highest BCUT2D eigenvalue weighted by atomic mass is 35.5. The van der Waals surface area contributed by atoms with E-state index < -0.39 is 10.8 Å². The molecule has 3 rings (SSSR count). The molecule has 3 aromatic rings. The van der Waals surface area contributed by atoms with Crippen LogP contribution in [0.3, 0.4) is 0 Å². The highest BCUT2D eigenvalue weighted by Gasteiger charge is 2.10. The zero-order valence-corrected chi connectivity index (χ0v) is 18.3. The van der Waals surface area contributed by atoms with Gasteiger partial charge in [-0.15, -0.1) is 11.3 Å². The summed E-state index contributed by atoms with van der Waals surface area (Å²) in [6, 6.07) is 15.7. The Morgan fingerprint density at radius 2 is 1.78 bits per heavy atom. The van der Waals surface area contributed by atoms with E-state index in [1.807, 2.05) is 0 Å². The number of nitro groups is 1. The van der Waals surface area contributed by atoms with E-state index in [1.54, 1.807) is 43.3 Å². The molecule has 0 bridgehead atoms. The Bertz CT molecular complexity index is 1160. The molecule has 164 valence electrons. The van der Waals surface area contributed by atoms with Gasteiger partial charge in [0.05, 0.1) is 19.8 Å². The molecule has 0 saturated heterocycles. The monoisotopic (exact) mass is 472 g/mol. The van der Waals surface area contributed by atoms with Crippen molar-refractivity contribution >= 4 is 51.8 Å². The van der Waals surface area contributed by atoms with Crippen LogP contribution in [0, 0.1) is 10.1 Å². The van der Waals surface area contributed by atoms with Crippen molar-refractivity contribution in [2.24, 2.45) is 5.10 Å². The second-order valence-corrected chi connectivity index (χ2v) is 8.12. The molecule has 0 saturated carbocycles. The van der Waals surface area contributed by atoms with E-state index in [2.05, 4.69) is 15.8 Å². The van der Waals surface area contributed by atoms with Crippen LogP contribution in [0.15, 0.2) is 65.8 Å². The molecule has 1 aromatic heterocycles. The molecular weight excluding hydrogens is 456 g/mol. The van der Waals surface area contributed by atoms with Gasteiger partial charge < -0.3 is 10.1 Å². The number of nitrogens with one attached hydrogen (secondary N) is 2. The van der Waals surface area contributed by atoms with E-state index >= 15 is 0 Å². The number of nitrogens with zero attached hydrogens (tertiary/aromatic N) is 2. The van der Waals surface area contributed by atoms with Crippen molar-refractivity contribution in [1.82, 2.24) is 5.43 Å². The number of nitro benzene ring substituents is 1. The first-order chi connectivity index (χ1) is 15.3. The number of carbonyl (C=O) groups is 2. The maximum Gasteiger partial charge on any atom is 0.277 e. The largest absolute Gasteiger partial charge is 0.484 e. The van der Waals surface area contributed by atoms with Crippen LogP contribution < -0.4 is 15.5 Å². The average Bonchev–Trinajstić information content (AvgIpc) is 3.23. The van der Waals surface area contributed by atoms with E-state index in [4.69, 9.17) is 16.3 Å². The van der Waals surface area contributed by atoms with Gasteiger partial charge in [0.15, 0.2) is 6.61 Å². The summed E-state index contributed by atoms with van der Waals surface area (Å²) in [5, 5.41) is 17.4. The molecule has 2 amide bonds. The van der Waals surface area contributed by atoms with Gasteiger partial charge in [0, 0.05) is 17.8 Å². The Morgan fingerprint density at radius 1 is 1.09 bits per heavy atom. The molecule has 32 heavy (non-hydrogen) atoms. The van der Waals surface area contributed by atoms with Gasteiger partial charge in [0.1, 0.15) is 5.75 Å². The quantitative estimate of drug-likeness (QED) is 0.284. The number of thiophene rings is 1. The zero-order chi connectivity index (χ0) is 23.1. The Hall–Kier alpha value is -3.76. The molecule has 0 fully saturated rings. The summed E-state index contributed by atoms with van der Waals surface area (Å²) in [5.41, 5.74) is 4.23. The number of anilines is 1. The van der Waals surface area contributed by atoms with Gasteiger partial charge in [0.2, 0.25) is 0 Å². The first kappa shape index (κ1) is 22.9. The number of rotatable bonds is 8. The molecule has 9 nitrogen and oxygen atoms in total. The molecule has 0 aliphatic rings. The lowest BCUT2D eigenvalue weighted by molar-refractivity contribution is -0.384. The third kappa shape index (κ3) is 6.37. The van der Waals surface area contributed by atoms with Crippen LogP contribution in [0.2, 0.25) is 4.34 Å². The average molecular weight is 473 g/mol. The molecule has 1 heterocycles. The summed E-state index contributed by atoms with van der Waals surface area (Å²) < 4.78 is 5.82. The first-order valence-electron chi connectivity index (χ1n) is 9.19. The number of hydrogen-bond acceptors (Lipinski definition) is 7. The van der Waals surface area contributed by atoms with E-state index in [-0.39, 0.29) is 18.2 Å². The highest BCUT2D eigenvalue weighted by molar-refractivity contribution is 7.18. The van der Waals surface area contributed by atoms with Gasteiger partial charge in [-0.2, -0.15) is 5.10 Å². The van der Waals surface area contributed by atoms with E-state index in [0.717, 1.165) is 5.56 Å². The molecule has 11 heteroatoms. The fourth-order valence-electron chi connectivity index (χ4n) is 2.48. The SMILES string of the molecule is C/C(=N/NC(=O)COc1ccc([N+](=O)[O-])cc1)c1ccc(NC(=O)c2ccc(Cl)s2)cc1. The Balaban J connectivity index is 1.49. The van der Waals surface area contributed by atoms with Crippen LogP contribution in [-0.2, 0) is 4.79 Å². The number of hydrogen-bond donors (Lipinski definition) is 2. The lowest BCUT2D eigenvalue weighted by Gasteiger charge is -2.07. The van der Waals surface area contributed by atoms with Crippen molar-refractivity contribution in [3.05, 3.63) is 85.6 Å². The molecule has 0 spiro atoms. The predicted octanol–water partition coefficient (Wildman–Crippen LogP) is 4.48. The number of carbonyl (C=O) groups excluding carboxylic acids is 2. The fraction of sp³-hybridized carbons (Fsp3) is 0.0952. The second-order valence-electron chi connectivity index (χ2n) is 6.41. The summed E-state index contributed by atoms with van der Waals surface area (Å²) >= 11 is 7.04. The highest BCUT2D eigenvalue weighted by Crippen LogP contribution is 2.22. The Labute approximate surface area is 191 Å². The second kappa shape index (κ2) is 10.5. The van der Waals surface area contributed by atoms with Gasteiger partial charge in [-0.3, -0.25) is 19.7 Å². The molecular formula is C21H17ClN4O5S. The lowest BCUT2D eigenvalue weighted by Crippen LogP contribution is -2.25. The molecule has 0 radical (unpaired) electrons. The van der Waals surface area contributed by atoms with Gasteiger partial charge in [-0.05, 0) is 48.9 Å². The van der Waals surface area contributed by atoms with Crippen LogP contribution in [0.4, 0.5) is 11.4 Å². The van der Waals surface area contributed by atoms with E-state index in [0.29, 0.717) is 26.4 Å². The summed E-state index contributed by atoms with van der Waals surface area (Å²) in [5.74, 6) is -0.407. The maximum absolute atomic E-state index is 12.2. The number of amides is 2. The normalized spacial score (nSPS) is 11.0. The standard InChI is InChI=1S/C21H17ClN4O5S/c1-13(24-25-20(27)12-31-17-8-6-16(7-9-17)26(29)30)14-2-4-15(5-3-14)23-21(28)18-10-11-19(22)32-18/h2-11H,12H2,1H3,(H,23,28)(H,25,27)/b24-13-. The minimum Gasteiger partial charge on any atom is -0.484 e. The molecule has 0 unspecified atom stereocenters. The predicted molar refractivity (Wildman–Crippen MR) is 123 cm³/mol. The van der Waals surface area contributed by atoms with Gasteiger partial charge in [-0.1, -0.05) is 23.7 Å². The molecule has 0 aliphatic heterocycles. The van der Waals surface area contributed by atoms with Gasteiger partial charge in [0.25, 0.3) is 17.5 Å². The van der Waals surface area contributed by atoms with Gasteiger partial charge >= 0.3 is 0 Å². The minimum atomic E-state index is -0.520. The topological polar surface area (TPSA) is 123 Å². The lowest BCUT2D eigenvalue weighted by atomic mass is 10.1. The number of benzene rings is 2. The van der Waals surface area contributed by atoms with Crippen LogP contribution in [0.5, 0.6) is 5.75 Å².